The molecule has 1 heterocycles. The fraction of sp³-hybridized carbons (Fsp3) is 0. The molecule has 0 aromatic heterocycles. The van der Waals surface area contributed by atoms with Crippen LogP contribution in [0, 0.1) is 0 Å². The van der Waals surface area contributed by atoms with Crippen LogP contribution in [-0.4, -0.2) is 11.1 Å². The fourth-order valence-electron chi connectivity index (χ4n) is 1.15. The lowest BCUT2D eigenvalue weighted by Gasteiger charge is -1.97. The van der Waals surface area contributed by atoms with Gasteiger partial charge < -0.3 is 0 Å². The summed E-state index contributed by atoms with van der Waals surface area (Å²) in [6, 6.07) is 7.13. The summed E-state index contributed by atoms with van der Waals surface area (Å²) in [5.41, 5.74) is 0.728. The predicted octanol–water partition coefficient (Wildman–Crippen LogP) is 2.66. The van der Waals surface area contributed by atoms with Gasteiger partial charge in [-0.1, -0.05) is 29.8 Å². The highest BCUT2D eigenvalue weighted by Crippen LogP contribution is 2.27. The summed E-state index contributed by atoms with van der Waals surface area (Å²) in [7, 11) is 0. The summed E-state index contributed by atoms with van der Waals surface area (Å²) in [6.45, 7) is 0. The van der Waals surface area contributed by atoms with E-state index in [4.69, 9.17) is 11.6 Å². The molecule has 0 aliphatic carbocycles. The Morgan fingerprint density at radius 3 is 2.60 bits per heavy atom. The molecule has 1 aromatic carbocycles. The molecule has 76 valence electrons. The highest BCUT2D eigenvalue weighted by atomic mass is 35.5. The van der Waals surface area contributed by atoms with Crippen LogP contribution >= 0.6 is 23.4 Å². The summed E-state index contributed by atoms with van der Waals surface area (Å²) in [4.78, 5) is 22.5. The molecule has 0 saturated carbocycles. The minimum Gasteiger partial charge on any atom is -0.282 e. The van der Waals surface area contributed by atoms with Gasteiger partial charge in [-0.2, -0.15) is 0 Å². The average molecular weight is 240 g/mol. The van der Waals surface area contributed by atoms with Gasteiger partial charge in [0.25, 0.3) is 11.1 Å². The summed E-state index contributed by atoms with van der Waals surface area (Å²) in [5, 5.41) is 2.38. The second-order valence-electron chi connectivity index (χ2n) is 2.87. The van der Waals surface area contributed by atoms with Crippen molar-refractivity contribution in [2.75, 3.05) is 0 Å². The largest absolute Gasteiger partial charge is 0.290 e. The van der Waals surface area contributed by atoms with E-state index in [0.717, 1.165) is 17.3 Å². The SMILES string of the molecule is O=C1NC(=O)C(=Cc2ccccc2Cl)S1. The number of nitrogens with one attached hydrogen (secondary N) is 1. The summed E-state index contributed by atoms with van der Waals surface area (Å²) < 4.78 is 0. The van der Waals surface area contributed by atoms with Crippen molar-refractivity contribution >= 4 is 40.6 Å². The van der Waals surface area contributed by atoms with Gasteiger partial charge in [0.1, 0.15) is 0 Å². The Labute approximate surface area is 95.5 Å². The Balaban J connectivity index is 2.35. The van der Waals surface area contributed by atoms with E-state index in [1.165, 1.54) is 0 Å². The van der Waals surface area contributed by atoms with E-state index in [9.17, 15) is 9.59 Å². The molecule has 1 saturated heterocycles. The van der Waals surface area contributed by atoms with Crippen molar-refractivity contribution in [2.45, 2.75) is 0 Å². The van der Waals surface area contributed by atoms with E-state index in [0.29, 0.717) is 9.93 Å². The molecule has 3 nitrogen and oxygen atoms in total. The van der Waals surface area contributed by atoms with Crippen molar-refractivity contribution in [3.8, 4) is 0 Å². The highest BCUT2D eigenvalue weighted by molar-refractivity contribution is 8.18. The molecule has 1 aliphatic rings. The Morgan fingerprint density at radius 1 is 1.27 bits per heavy atom. The van der Waals surface area contributed by atoms with E-state index >= 15 is 0 Å². The Hall–Kier alpha value is -1.26. The smallest absolute Gasteiger partial charge is 0.282 e. The van der Waals surface area contributed by atoms with Gasteiger partial charge in [-0.25, -0.2) is 0 Å². The Morgan fingerprint density at radius 2 is 2.00 bits per heavy atom. The number of hydrogen-bond donors (Lipinski definition) is 1. The lowest BCUT2D eigenvalue weighted by Crippen LogP contribution is -2.17. The molecule has 0 spiro atoms. The molecule has 0 atom stereocenters. The maximum absolute atomic E-state index is 11.2. The quantitative estimate of drug-likeness (QED) is 0.767. The van der Waals surface area contributed by atoms with Crippen molar-refractivity contribution < 1.29 is 9.59 Å². The first-order valence-electron chi connectivity index (χ1n) is 4.16. The minimum atomic E-state index is -0.370. The number of halogens is 1. The molecular weight excluding hydrogens is 234 g/mol. The second kappa shape index (κ2) is 4.08. The lowest BCUT2D eigenvalue weighted by atomic mass is 10.2. The minimum absolute atomic E-state index is 0.349. The summed E-state index contributed by atoms with van der Waals surface area (Å²) in [5.74, 6) is -0.370. The zero-order valence-corrected chi connectivity index (χ0v) is 9.06. The molecule has 1 aliphatic heterocycles. The Bertz CT molecular complexity index is 470. The fourth-order valence-corrected chi connectivity index (χ4v) is 2.02. The third-order valence-corrected chi connectivity index (χ3v) is 2.99. The average Bonchev–Trinajstić information content (AvgIpc) is 2.49. The van der Waals surface area contributed by atoms with Crippen LogP contribution in [0.15, 0.2) is 29.2 Å². The van der Waals surface area contributed by atoms with Crippen molar-refractivity contribution in [1.29, 1.82) is 0 Å². The first kappa shape index (κ1) is 10.3. The predicted molar refractivity (Wildman–Crippen MR) is 60.6 cm³/mol. The molecule has 1 aromatic rings. The lowest BCUT2D eigenvalue weighted by molar-refractivity contribution is -0.115. The van der Waals surface area contributed by atoms with Gasteiger partial charge in [0.15, 0.2) is 0 Å². The maximum atomic E-state index is 11.2. The zero-order chi connectivity index (χ0) is 10.8. The molecule has 1 fully saturated rings. The molecule has 0 bridgehead atoms. The number of carbonyl (C=O) groups excluding carboxylic acids is 2. The van der Waals surface area contributed by atoms with Gasteiger partial charge in [0.2, 0.25) is 0 Å². The van der Waals surface area contributed by atoms with Crippen molar-refractivity contribution in [3.63, 3.8) is 0 Å². The number of imide groups is 1. The van der Waals surface area contributed by atoms with Crippen LogP contribution in [0.2, 0.25) is 5.02 Å². The van der Waals surface area contributed by atoms with Crippen LogP contribution in [-0.2, 0) is 4.79 Å². The monoisotopic (exact) mass is 239 g/mol. The third kappa shape index (κ3) is 2.22. The van der Waals surface area contributed by atoms with E-state index in [1.54, 1.807) is 24.3 Å². The standard InChI is InChI=1S/C10H6ClNO2S/c11-7-4-2-1-3-6(7)5-8-9(13)12-10(14)15-8/h1-5H,(H,12,13,14). The number of thioether (sulfide) groups is 1. The van der Waals surface area contributed by atoms with Crippen LogP contribution in [0.25, 0.3) is 6.08 Å². The van der Waals surface area contributed by atoms with Gasteiger partial charge >= 0.3 is 0 Å². The number of carbonyl (C=O) groups is 2. The van der Waals surface area contributed by atoms with Gasteiger partial charge in [0, 0.05) is 5.02 Å². The van der Waals surface area contributed by atoms with Crippen LogP contribution < -0.4 is 5.32 Å². The van der Waals surface area contributed by atoms with Gasteiger partial charge in [-0.3, -0.25) is 14.9 Å². The Kier molecular flexibility index (Phi) is 2.79. The van der Waals surface area contributed by atoms with E-state index < -0.39 is 0 Å². The van der Waals surface area contributed by atoms with Gasteiger partial charge in [0.05, 0.1) is 4.91 Å². The summed E-state index contributed by atoms with van der Waals surface area (Å²) >= 11 is 6.80. The molecule has 2 amide bonds. The van der Waals surface area contributed by atoms with E-state index in [-0.39, 0.29) is 11.1 Å². The molecule has 0 radical (unpaired) electrons. The van der Waals surface area contributed by atoms with Crippen molar-refractivity contribution in [3.05, 3.63) is 39.8 Å². The van der Waals surface area contributed by atoms with E-state index in [1.807, 2.05) is 6.07 Å². The topological polar surface area (TPSA) is 46.2 Å². The van der Waals surface area contributed by atoms with Crippen LogP contribution in [0.3, 0.4) is 0 Å². The summed E-state index contributed by atoms with van der Waals surface area (Å²) in [6.07, 6.45) is 1.60. The molecule has 1 N–H and O–H groups in total. The molecule has 2 rings (SSSR count). The zero-order valence-electron chi connectivity index (χ0n) is 7.49. The number of rotatable bonds is 1. The van der Waals surface area contributed by atoms with Crippen molar-refractivity contribution in [1.82, 2.24) is 5.32 Å². The maximum Gasteiger partial charge on any atom is 0.290 e. The highest BCUT2D eigenvalue weighted by Gasteiger charge is 2.25. The van der Waals surface area contributed by atoms with Gasteiger partial charge in [-0.15, -0.1) is 0 Å². The normalized spacial score (nSPS) is 18.3. The van der Waals surface area contributed by atoms with Gasteiger partial charge in [-0.05, 0) is 29.5 Å². The first-order valence-corrected chi connectivity index (χ1v) is 5.35. The van der Waals surface area contributed by atoms with Crippen LogP contribution in [0.5, 0.6) is 0 Å². The first-order chi connectivity index (χ1) is 7.16. The van der Waals surface area contributed by atoms with Crippen molar-refractivity contribution in [2.24, 2.45) is 0 Å². The molecular formula is C10H6ClNO2S. The number of benzene rings is 1. The van der Waals surface area contributed by atoms with Crippen LogP contribution in [0.1, 0.15) is 5.56 Å². The number of amides is 2. The van der Waals surface area contributed by atoms with E-state index in [2.05, 4.69) is 5.32 Å². The molecule has 0 unspecified atom stereocenters. The number of hydrogen-bond acceptors (Lipinski definition) is 3. The van der Waals surface area contributed by atoms with Crippen LogP contribution in [0.4, 0.5) is 4.79 Å². The molecule has 5 heteroatoms. The second-order valence-corrected chi connectivity index (χ2v) is 4.30. The molecule has 15 heavy (non-hydrogen) atoms. The third-order valence-electron chi connectivity index (χ3n) is 1.83.